The Hall–Kier alpha value is -1.84. The SMILES string of the molecule is COCCOCCn1cc([N+](=O)[O-])c(-c2nccs2)n1. The molecule has 20 heavy (non-hydrogen) atoms. The fourth-order valence-corrected chi connectivity index (χ4v) is 2.18. The van der Waals surface area contributed by atoms with Crippen LogP contribution in [0.2, 0.25) is 0 Å². The summed E-state index contributed by atoms with van der Waals surface area (Å²) in [6.07, 6.45) is 2.99. The van der Waals surface area contributed by atoms with Gasteiger partial charge in [0.25, 0.3) is 0 Å². The van der Waals surface area contributed by atoms with Gasteiger partial charge < -0.3 is 9.47 Å². The Morgan fingerprint density at radius 3 is 2.95 bits per heavy atom. The van der Waals surface area contributed by atoms with Crippen LogP contribution in [0.3, 0.4) is 0 Å². The molecule has 2 heterocycles. The average molecular weight is 298 g/mol. The molecule has 2 aromatic heterocycles. The number of thiazole rings is 1. The van der Waals surface area contributed by atoms with E-state index in [-0.39, 0.29) is 5.69 Å². The standard InChI is InChI=1S/C11H14N4O4S/c1-18-5-6-19-4-3-14-8-9(15(16)17)10(13-14)11-12-2-7-20-11/h2,7-8H,3-6H2,1H3. The van der Waals surface area contributed by atoms with Gasteiger partial charge in [0.15, 0.2) is 10.7 Å². The summed E-state index contributed by atoms with van der Waals surface area (Å²) in [4.78, 5) is 14.6. The van der Waals surface area contributed by atoms with E-state index in [2.05, 4.69) is 10.1 Å². The van der Waals surface area contributed by atoms with Crippen molar-refractivity contribution in [3.05, 3.63) is 27.9 Å². The van der Waals surface area contributed by atoms with Crippen molar-refractivity contribution in [2.45, 2.75) is 6.54 Å². The minimum absolute atomic E-state index is 0.0446. The van der Waals surface area contributed by atoms with Crippen molar-refractivity contribution in [2.24, 2.45) is 0 Å². The van der Waals surface area contributed by atoms with Crippen LogP contribution >= 0.6 is 11.3 Å². The normalized spacial score (nSPS) is 10.8. The van der Waals surface area contributed by atoms with Crippen molar-refractivity contribution in [2.75, 3.05) is 26.9 Å². The number of ether oxygens (including phenoxy) is 2. The van der Waals surface area contributed by atoms with E-state index in [0.29, 0.717) is 37.1 Å². The second kappa shape index (κ2) is 7.08. The molecule has 0 saturated carbocycles. The van der Waals surface area contributed by atoms with E-state index in [1.165, 1.54) is 22.2 Å². The van der Waals surface area contributed by atoms with Gasteiger partial charge in [0.1, 0.15) is 6.20 Å². The lowest BCUT2D eigenvalue weighted by molar-refractivity contribution is -0.384. The molecule has 0 fully saturated rings. The van der Waals surface area contributed by atoms with E-state index >= 15 is 0 Å². The molecule has 0 saturated heterocycles. The van der Waals surface area contributed by atoms with Crippen molar-refractivity contribution in [1.29, 1.82) is 0 Å². The van der Waals surface area contributed by atoms with Gasteiger partial charge in [-0.3, -0.25) is 14.8 Å². The highest BCUT2D eigenvalue weighted by Crippen LogP contribution is 2.29. The van der Waals surface area contributed by atoms with E-state index < -0.39 is 4.92 Å². The summed E-state index contributed by atoms with van der Waals surface area (Å²) in [5.74, 6) is 0. The number of methoxy groups -OCH3 is 1. The number of aromatic nitrogens is 3. The fraction of sp³-hybridized carbons (Fsp3) is 0.455. The third-order valence-electron chi connectivity index (χ3n) is 2.47. The molecular weight excluding hydrogens is 284 g/mol. The van der Waals surface area contributed by atoms with Gasteiger partial charge in [0.2, 0.25) is 0 Å². The van der Waals surface area contributed by atoms with Gasteiger partial charge in [0.05, 0.1) is 31.3 Å². The van der Waals surface area contributed by atoms with Crippen molar-refractivity contribution in [3.63, 3.8) is 0 Å². The molecule has 108 valence electrons. The van der Waals surface area contributed by atoms with E-state index in [9.17, 15) is 10.1 Å². The second-order valence-electron chi connectivity index (χ2n) is 3.83. The van der Waals surface area contributed by atoms with Gasteiger partial charge in [0, 0.05) is 18.7 Å². The molecule has 8 nitrogen and oxygen atoms in total. The third-order valence-corrected chi connectivity index (χ3v) is 3.25. The Bertz CT molecular complexity index is 555. The van der Waals surface area contributed by atoms with Crippen LogP contribution in [0, 0.1) is 10.1 Å². The van der Waals surface area contributed by atoms with E-state index in [1.54, 1.807) is 18.7 Å². The lowest BCUT2D eigenvalue weighted by Crippen LogP contribution is -2.09. The van der Waals surface area contributed by atoms with Crippen molar-refractivity contribution < 1.29 is 14.4 Å². The molecule has 0 amide bonds. The molecule has 2 rings (SSSR count). The molecule has 2 aromatic rings. The van der Waals surface area contributed by atoms with Crippen LogP contribution in [0.5, 0.6) is 0 Å². The summed E-state index contributed by atoms with van der Waals surface area (Å²) in [5.41, 5.74) is 0.249. The molecule has 0 atom stereocenters. The highest BCUT2D eigenvalue weighted by Gasteiger charge is 2.22. The van der Waals surface area contributed by atoms with Gasteiger partial charge in [-0.2, -0.15) is 5.10 Å². The maximum atomic E-state index is 11.0. The van der Waals surface area contributed by atoms with Crippen molar-refractivity contribution in [1.82, 2.24) is 14.8 Å². The van der Waals surface area contributed by atoms with Gasteiger partial charge in [-0.15, -0.1) is 11.3 Å². The topological polar surface area (TPSA) is 92.3 Å². The Morgan fingerprint density at radius 2 is 2.30 bits per heavy atom. The monoisotopic (exact) mass is 298 g/mol. The summed E-state index contributed by atoms with van der Waals surface area (Å²) in [6, 6.07) is 0. The number of hydrogen-bond acceptors (Lipinski definition) is 7. The molecule has 0 aliphatic carbocycles. The van der Waals surface area contributed by atoms with E-state index in [0.717, 1.165) is 0 Å². The zero-order valence-electron chi connectivity index (χ0n) is 10.9. The Morgan fingerprint density at radius 1 is 1.45 bits per heavy atom. The molecule has 9 heteroatoms. The van der Waals surface area contributed by atoms with E-state index in [4.69, 9.17) is 9.47 Å². The van der Waals surface area contributed by atoms with Gasteiger partial charge in [-0.1, -0.05) is 0 Å². The van der Waals surface area contributed by atoms with Gasteiger partial charge in [-0.05, 0) is 0 Å². The van der Waals surface area contributed by atoms with Crippen LogP contribution in [-0.2, 0) is 16.0 Å². The molecular formula is C11H14N4O4S. The Balaban J connectivity index is 2.04. The first-order valence-corrected chi connectivity index (χ1v) is 6.78. The van der Waals surface area contributed by atoms with Crippen LogP contribution in [0.25, 0.3) is 10.7 Å². The minimum Gasteiger partial charge on any atom is -0.382 e. The number of nitro groups is 1. The average Bonchev–Trinajstić information content (AvgIpc) is 3.07. The first-order chi connectivity index (χ1) is 9.72. The number of nitrogens with zero attached hydrogens (tertiary/aromatic N) is 4. The largest absolute Gasteiger partial charge is 0.382 e. The highest BCUT2D eigenvalue weighted by molar-refractivity contribution is 7.13. The molecule has 0 aliphatic heterocycles. The molecule has 0 aliphatic rings. The first kappa shape index (κ1) is 14.6. The quantitative estimate of drug-likeness (QED) is 0.417. The Kier molecular flexibility index (Phi) is 5.16. The fourth-order valence-electron chi connectivity index (χ4n) is 1.55. The van der Waals surface area contributed by atoms with Crippen molar-refractivity contribution >= 4 is 17.0 Å². The molecule has 0 N–H and O–H groups in total. The summed E-state index contributed by atoms with van der Waals surface area (Å²) in [6.45, 7) is 1.86. The second-order valence-corrected chi connectivity index (χ2v) is 4.72. The summed E-state index contributed by atoms with van der Waals surface area (Å²) in [5, 5.41) is 17.5. The van der Waals surface area contributed by atoms with E-state index in [1.807, 2.05) is 0 Å². The zero-order valence-corrected chi connectivity index (χ0v) is 11.7. The zero-order chi connectivity index (χ0) is 14.4. The lowest BCUT2D eigenvalue weighted by atomic mass is 10.4. The predicted molar refractivity (Wildman–Crippen MR) is 72.7 cm³/mol. The smallest absolute Gasteiger partial charge is 0.317 e. The van der Waals surface area contributed by atoms with Gasteiger partial charge in [-0.25, -0.2) is 4.98 Å². The molecule has 0 bridgehead atoms. The first-order valence-electron chi connectivity index (χ1n) is 5.90. The van der Waals surface area contributed by atoms with Crippen LogP contribution in [0.4, 0.5) is 5.69 Å². The third kappa shape index (κ3) is 3.59. The maximum absolute atomic E-state index is 11.0. The molecule has 0 aromatic carbocycles. The van der Waals surface area contributed by atoms with Crippen LogP contribution < -0.4 is 0 Å². The number of hydrogen-bond donors (Lipinski definition) is 0. The maximum Gasteiger partial charge on any atom is 0.317 e. The van der Waals surface area contributed by atoms with Gasteiger partial charge >= 0.3 is 5.69 Å². The molecule has 0 spiro atoms. The Labute approximate surface area is 119 Å². The van der Waals surface area contributed by atoms with Crippen LogP contribution in [0.1, 0.15) is 0 Å². The molecule has 0 radical (unpaired) electrons. The number of rotatable bonds is 8. The molecule has 0 unspecified atom stereocenters. The minimum atomic E-state index is -0.452. The predicted octanol–water partition coefficient (Wildman–Crippen LogP) is 1.58. The van der Waals surface area contributed by atoms with Crippen molar-refractivity contribution in [3.8, 4) is 10.7 Å². The summed E-state index contributed by atoms with van der Waals surface area (Å²) in [7, 11) is 1.60. The lowest BCUT2D eigenvalue weighted by Gasteiger charge is -2.02. The summed E-state index contributed by atoms with van der Waals surface area (Å²) < 4.78 is 11.7. The van der Waals surface area contributed by atoms with Crippen LogP contribution in [0.15, 0.2) is 17.8 Å². The highest BCUT2D eigenvalue weighted by atomic mass is 32.1. The van der Waals surface area contributed by atoms with Crippen LogP contribution in [-0.4, -0.2) is 46.6 Å². The summed E-state index contributed by atoms with van der Waals surface area (Å²) >= 11 is 1.32.